The molecule has 0 aromatic heterocycles. The van der Waals surface area contributed by atoms with E-state index < -0.39 is 0 Å². The zero-order valence-corrected chi connectivity index (χ0v) is 9.07. The van der Waals surface area contributed by atoms with E-state index in [1.165, 1.54) is 12.8 Å². The summed E-state index contributed by atoms with van der Waals surface area (Å²) in [7, 11) is 0. The van der Waals surface area contributed by atoms with Crippen molar-refractivity contribution >= 4 is 0 Å². The van der Waals surface area contributed by atoms with Gasteiger partial charge < -0.3 is 5.32 Å². The van der Waals surface area contributed by atoms with Crippen LogP contribution in [-0.2, 0) is 0 Å². The van der Waals surface area contributed by atoms with Crippen molar-refractivity contribution in [3.05, 3.63) is 0 Å². The van der Waals surface area contributed by atoms with Crippen LogP contribution in [0.15, 0.2) is 0 Å². The van der Waals surface area contributed by atoms with E-state index in [2.05, 4.69) is 33.0 Å². The normalized spacial score (nSPS) is 14.7. The maximum absolute atomic E-state index is 3.48. The molecule has 0 rings (SSSR count). The van der Waals surface area contributed by atoms with E-state index in [9.17, 15) is 0 Å². The molecule has 0 heterocycles. The summed E-state index contributed by atoms with van der Waals surface area (Å²) in [5, 5.41) is 3.48. The van der Waals surface area contributed by atoms with E-state index in [0.29, 0.717) is 12.1 Å². The fourth-order valence-electron chi connectivity index (χ4n) is 0.721. The van der Waals surface area contributed by atoms with Crippen molar-refractivity contribution in [1.29, 1.82) is 0 Å². The highest BCUT2D eigenvalue weighted by Crippen LogP contribution is 1.93. The van der Waals surface area contributed by atoms with E-state index in [-0.39, 0.29) is 0 Å². The van der Waals surface area contributed by atoms with Gasteiger partial charge in [-0.3, -0.25) is 0 Å². The Hall–Kier alpha value is -0.0400. The van der Waals surface area contributed by atoms with Gasteiger partial charge in [-0.15, -0.1) is 0 Å². The molecular formula is C10H25N. The highest BCUT2D eigenvalue weighted by atomic mass is 14.9. The minimum Gasteiger partial charge on any atom is -0.312 e. The van der Waals surface area contributed by atoms with Crippen molar-refractivity contribution in [3.63, 3.8) is 0 Å². The van der Waals surface area contributed by atoms with Crippen LogP contribution in [-0.4, -0.2) is 12.1 Å². The molecule has 0 spiro atoms. The molecule has 0 aromatic rings. The van der Waals surface area contributed by atoms with Crippen LogP contribution in [0.4, 0.5) is 0 Å². The molecule has 0 amide bonds. The van der Waals surface area contributed by atoms with Crippen LogP contribution in [0.2, 0.25) is 0 Å². The maximum atomic E-state index is 3.48. The van der Waals surface area contributed by atoms with Gasteiger partial charge in [0.2, 0.25) is 0 Å². The Morgan fingerprint density at radius 1 is 0.909 bits per heavy atom. The summed E-state index contributed by atoms with van der Waals surface area (Å²) in [4.78, 5) is 0. The minimum atomic E-state index is 0.681. The molecule has 0 fully saturated rings. The second-order valence-corrected chi connectivity index (χ2v) is 2.79. The Morgan fingerprint density at radius 3 is 1.36 bits per heavy atom. The van der Waals surface area contributed by atoms with Crippen molar-refractivity contribution in [3.8, 4) is 0 Å². The summed E-state index contributed by atoms with van der Waals surface area (Å²) in [5.41, 5.74) is 0. The first kappa shape index (κ1) is 13.5. The van der Waals surface area contributed by atoms with Crippen LogP contribution >= 0.6 is 0 Å². The standard InChI is InChI=1S/C8H19N.C2H6/c1-5-7(3)9-8(4)6-2;1-2/h7-9H,5-6H2,1-4H3;1-2H3/t7-,8+;. The molecule has 1 nitrogen and oxygen atoms in total. The average Bonchev–Trinajstić information content (AvgIpc) is 2.07. The molecule has 0 saturated heterocycles. The molecule has 0 saturated carbocycles. The molecular weight excluding hydrogens is 134 g/mol. The summed E-state index contributed by atoms with van der Waals surface area (Å²) in [6, 6.07) is 1.36. The highest BCUT2D eigenvalue weighted by molar-refractivity contribution is 4.63. The summed E-state index contributed by atoms with van der Waals surface area (Å²) in [5.74, 6) is 0. The third-order valence-corrected chi connectivity index (χ3v) is 1.79. The van der Waals surface area contributed by atoms with Gasteiger partial charge in [0.1, 0.15) is 0 Å². The molecule has 1 heteroatoms. The van der Waals surface area contributed by atoms with Crippen LogP contribution in [0.25, 0.3) is 0 Å². The number of rotatable bonds is 4. The summed E-state index contributed by atoms with van der Waals surface area (Å²) < 4.78 is 0. The van der Waals surface area contributed by atoms with Gasteiger partial charge in [0.25, 0.3) is 0 Å². The zero-order chi connectivity index (χ0) is 9.28. The fourth-order valence-corrected chi connectivity index (χ4v) is 0.721. The summed E-state index contributed by atoms with van der Waals surface area (Å²) in [6.45, 7) is 12.9. The highest BCUT2D eigenvalue weighted by Gasteiger charge is 2.00. The van der Waals surface area contributed by atoms with Gasteiger partial charge in [0, 0.05) is 12.1 Å². The van der Waals surface area contributed by atoms with Gasteiger partial charge in [0.15, 0.2) is 0 Å². The molecule has 0 aliphatic rings. The Kier molecular flexibility index (Phi) is 12.3. The Morgan fingerprint density at radius 2 is 1.18 bits per heavy atom. The predicted molar refractivity (Wildman–Crippen MR) is 54.0 cm³/mol. The van der Waals surface area contributed by atoms with Gasteiger partial charge in [-0.2, -0.15) is 0 Å². The third kappa shape index (κ3) is 9.96. The van der Waals surface area contributed by atoms with Gasteiger partial charge >= 0.3 is 0 Å². The van der Waals surface area contributed by atoms with E-state index in [1.54, 1.807) is 0 Å². The average molecular weight is 159 g/mol. The smallest absolute Gasteiger partial charge is 0.00385 e. The Bertz CT molecular complexity index is 53.9. The van der Waals surface area contributed by atoms with Gasteiger partial charge in [-0.25, -0.2) is 0 Å². The lowest BCUT2D eigenvalue weighted by Gasteiger charge is -2.16. The van der Waals surface area contributed by atoms with Crippen molar-refractivity contribution < 1.29 is 0 Å². The fraction of sp³-hybridized carbons (Fsp3) is 1.00. The number of nitrogens with one attached hydrogen (secondary N) is 1. The number of hydrogen-bond donors (Lipinski definition) is 1. The Balaban J connectivity index is 0. The summed E-state index contributed by atoms with van der Waals surface area (Å²) in [6.07, 6.45) is 2.45. The minimum absolute atomic E-state index is 0.681. The molecule has 11 heavy (non-hydrogen) atoms. The molecule has 0 aromatic carbocycles. The topological polar surface area (TPSA) is 12.0 Å². The second-order valence-electron chi connectivity index (χ2n) is 2.79. The number of hydrogen-bond acceptors (Lipinski definition) is 1. The van der Waals surface area contributed by atoms with Crippen molar-refractivity contribution in [1.82, 2.24) is 5.32 Å². The first-order valence-corrected chi connectivity index (χ1v) is 4.96. The predicted octanol–water partition coefficient (Wildman–Crippen LogP) is 3.20. The first-order valence-electron chi connectivity index (χ1n) is 4.96. The SMILES string of the molecule is CC.CC[C@@H](C)N[C@@H](C)CC. The van der Waals surface area contributed by atoms with Gasteiger partial charge in [0.05, 0.1) is 0 Å². The van der Waals surface area contributed by atoms with E-state index >= 15 is 0 Å². The molecule has 70 valence electrons. The lowest BCUT2D eigenvalue weighted by Crippen LogP contribution is -2.33. The molecule has 0 radical (unpaired) electrons. The van der Waals surface area contributed by atoms with E-state index in [1.807, 2.05) is 13.8 Å². The van der Waals surface area contributed by atoms with Crippen molar-refractivity contribution in [2.45, 2.75) is 66.5 Å². The lowest BCUT2D eigenvalue weighted by atomic mass is 10.2. The second kappa shape index (κ2) is 9.96. The molecule has 0 unspecified atom stereocenters. The third-order valence-electron chi connectivity index (χ3n) is 1.79. The van der Waals surface area contributed by atoms with Crippen LogP contribution < -0.4 is 5.32 Å². The molecule has 2 atom stereocenters. The molecule has 0 bridgehead atoms. The monoisotopic (exact) mass is 159 g/mol. The van der Waals surface area contributed by atoms with Crippen LogP contribution in [0.1, 0.15) is 54.4 Å². The van der Waals surface area contributed by atoms with Crippen molar-refractivity contribution in [2.75, 3.05) is 0 Å². The Labute approximate surface area is 72.6 Å². The van der Waals surface area contributed by atoms with Crippen molar-refractivity contribution in [2.24, 2.45) is 0 Å². The first-order chi connectivity index (χ1) is 5.20. The molecule has 0 aliphatic carbocycles. The van der Waals surface area contributed by atoms with Gasteiger partial charge in [-0.1, -0.05) is 27.7 Å². The zero-order valence-electron chi connectivity index (χ0n) is 9.07. The van der Waals surface area contributed by atoms with E-state index in [0.717, 1.165) is 0 Å². The van der Waals surface area contributed by atoms with E-state index in [4.69, 9.17) is 0 Å². The molecule has 0 aliphatic heterocycles. The molecule has 1 N–H and O–H groups in total. The maximum Gasteiger partial charge on any atom is 0.00385 e. The largest absolute Gasteiger partial charge is 0.312 e. The lowest BCUT2D eigenvalue weighted by molar-refractivity contribution is 0.449. The van der Waals surface area contributed by atoms with Crippen LogP contribution in [0.5, 0.6) is 0 Å². The van der Waals surface area contributed by atoms with Crippen LogP contribution in [0, 0.1) is 0 Å². The van der Waals surface area contributed by atoms with Crippen LogP contribution in [0.3, 0.4) is 0 Å². The van der Waals surface area contributed by atoms with Gasteiger partial charge in [-0.05, 0) is 26.7 Å². The summed E-state index contributed by atoms with van der Waals surface area (Å²) >= 11 is 0. The quantitative estimate of drug-likeness (QED) is 0.664.